The molecule has 0 bridgehead atoms. The zero-order valence-corrected chi connectivity index (χ0v) is 13.7. The molecule has 1 atom stereocenters. The molecule has 116 valence electrons. The largest absolute Gasteiger partial charge is 0.316 e. The van der Waals surface area contributed by atoms with Gasteiger partial charge in [0.05, 0.1) is 11.3 Å². The summed E-state index contributed by atoms with van der Waals surface area (Å²) in [6.07, 6.45) is 1.68. The van der Waals surface area contributed by atoms with Crippen LogP contribution in [0.15, 0.2) is 36.5 Å². The SMILES string of the molecule is CNC(C)CNS(=O)(=O)Cc1cccc2cccnc12.Cl. The van der Waals surface area contributed by atoms with Crippen molar-refractivity contribution < 1.29 is 8.42 Å². The van der Waals surface area contributed by atoms with Gasteiger partial charge in [-0.05, 0) is 25.6 Å². The van der Waals surface area contributed by atoms with Gasteiger partial charge in [-0.3, -0.25) is 4.98 Å². The first-order valence-corrected chi connectivity index (χ1v) is 8.14. The van der Waals surface area contributed by atoms with Crippen LogP contribution in [0.4, 0.5) is 0 Å². The first-order valence-electron chi connectivity index (χ1n) is 6.49. The fraction of sp³-hybridized carbons (Fsp3) is 0.357. The maximum atomic E-state index is 12.1. The van der Waals surface area contributed by atoms with Crippen LogP contribution in [-0.2, 0) is 15.8 Å². The molecule has 0 radical (unpaired) electrons. The molecular weight excluding hydrogens is 310 g/mol. The molecule has 1 aromatic carbocycles. The van der Waals surface area contributed by atoms with Gasteiger partial charge >= 0.3 is 0 Å². The molecule has 0 aliphatic carbocycles. The van der Waals surface area contributed by atoms with Crippen molar-refractivity contribution in [2.75, 3.05) is 13.6 Å². The number of para-hydroxylation sites is 1. The van der Waals surface area contributed by atoms with Crippen LogP contribution in [0.3, 0.4) is 0 Å². The highest BCUT2D eigenvalue weighted by Gasteiger charge is 2.14. The minimum atomic E-state index is -3.36. The number of nitrogens with one attached hydrogen (secondary N) is 2. The predicted molar refractivity (Wildman–Crippen MR) is 88.1 cm³/mol. The summed E-state index contributed by atoms with van der Waals surface area (Å²) in [7, 11) is -1.56. The van der Waals surface area contributed by atoms with Crippen molar-refractivity contribution in [3.63, 3.8) is 0 Å². The molecule has 2 aromatic rings. The molecule has 21 heavy (non-hydrogen) atoms. The molecule has 1 heterocycles. The maximum absolute atomic E-state index is 12.1. The Balaban J connectivity index is 0.00000220. The topological polar surface area (TPSA) is 71.1 Å². The van der Waals surface area contributed by atoms with E-state index in [9.17, 15) is 8.42 Å². The molecule has 1 unspecified atom stereocenters. The molecule has 0 saturated carbocycles. The Kier molecular flexibility index (Phi) is 6.54. The molecule has 0 saturated heterocycles. The number of halogens is 1. The number of sulfonamides is 1. The van der Waals surface area contributed by atoms with E-state index in [2.05, 4.69) is 15.0 Å². The lowest BCUT2D eigenvalue weighted by atomic mass is 10.1. The summed E-state index contributed by atoms with van der Waals surface area (Å²) in [5.41, 5.74) is 1.45. The molecule has 0 spiro atoms. The third-order valence-electron chi connectivity index (χ3n) is 3.16. The van der Waals surface area contributed by atoms with Crippen molar-refractivity contribution in [1.29, 1.82) is 0 Å². The van der Waals surface area contributed by atoms with E-state index in [-0.39, 0.29) is 24.2 Å². The molecule has 0 aliphatic rings. The van der Waals surface area contributed by atoms with Crippen LogP contribution < -0.4 is 10.0 Å². The minimum Gasteiger partial charge on any atom is -0.316 e. The minimum absolute atomic E-state index is 0. The van der Waals surface area contributed by atoms with E-state index in [1.807, 2.05) is 31.2 Å². The van der Waals surface area contributed by atoms with Gasteiger partial charge < -0.3 is 5.32 Å². The fourth-order valence-corrected chi connectivity index (χ4v) is 3.14. The Labute approximate surface area is 131 Å². The van der Waals surface area contributed by atoms with Crippen molar-refractivity contribution in [2.24, 2.45) is 0 Å². The molecule has 0 aliphatic heterocycles. The van der Waals surface area contributed by atoms with Crippen LogP contribution in [-0.4, -0.2) is 33.0 Å². The monoisotopic (exact) mass is 329 g/mol. The van der Waals surface area contributed by atoms with E-state index < -0.39 is 10.0 Å². The summed E-state index contributed by atoms with van der Waals surface area (Å²) in [5, 5.41) is 3.94. The highest BCUT2D eigenvalue weighted by Crippen LogP contribution is 2.17. The smallest absolute Gasteiger partial charge is 0.215 e. The zero-order chi connectivity index (χ0) is 14.6. The predicted octanol–water partition coefficient (Wildman–Crippen LogP) is 1.68. The standard InChI is InChI=1S/C14H19N3O2S.ClH/c1-11(15-2)9-17-20(18,19)10-13-6-3-5-12-7-4-8-16-14(12)13;/h3-8,11,15,17H,9-10H2,1-2H3;1H. The molecule has 7 heteroatoms. The number of likely N-dealkylation sites (N-methyl/N-ethyl adjacent to an activating group) is 1. The third kappa shape index (κ3) is 4.93. The Morgan fingerprint density at radius 2 is 1.95 bits per heavy atom. The quantitative estimate of drug-likeness (QED) is 0.846. The summed E-state index contributed by atoms with van der Waals surface area (Å²) < 4.78 is 26.8. The number of hydrogen-bond acceptors (Lipinski definition) is 4. The van der Waals surface area contributed by atoms with Gasteiger partial charge in [0, 0.05) is 24.2 Å². The lowest BCUT2D eigenvalue weighted by Crippen LogP contribution is -2.37. The van der Waals surface area contributed by atoms with Crippen molar-refractivity contribution in [2.45, 2.75) is 18.7 Å². The van der Waals surface area contributed by atoms with Crippen molar-refractivity contribution >= 4 is 33.3 Å². The van der Waals surface area contributed by atoms with Gasteiger partial charge in [0.15, 0.2) is 0 Å². The zero-order valence-electron chi connectivity index (χ0n) is 12.0. The number of rotatable bonds is 6. The second-order valence-electron chi connectivity index (χ2n) is 4.79. The first-order chi connectivity index (χ1) is 9.52. The van der Waals surface area contributed by atoms with Gasteiger partial charge in [0.25, 0.3) is 0 Å². The number of nitrogens with zero attached hydrogens (tertiary/aromatic N) is 1. The maximum Gasteiger partial charge on any atom is 0.215 e. The summed E-state index contributed by atoms with van der Waals surface area (Å²) in [4.78, 5) is 4.27. The van der Waals surface area contributed by atoms with Crippen molar-refractivity contribution in [1.82, 2.24) is 15.0 Å². The van der Waals surface area contributed by atoms with Gasteiger partial charge in [-0.2, -0.15) is 0 Å². The van der Waals surface area contributed by atoms with Crippen LogP contribution in [0, 0.1) is 0 Å². The number of aromatic nitrogens is 1. The van der Waals surface area contributed by atoms with Crippen molar-refractivity contribution in [3.8, 4) is 0 Å². The van der Waals surface area contributed by atoms with Gasteiger partial charge in [-0.1, -0.05) is 24.3 Å². The molecule has 0 fully saturated rings. The van der Waals surface area contributed by atoms with Gasteiger partial charge in [-0.15, -0.1) is 12.4 Å². The van der Waals surface area contributed by atoms with Crippen molar-refractivity contribution in [3.05, 3.63) is 42.1 Å². The van der Waals surface area contributed by atoms with Crippen LogP contribution >= 0.6 is 12.4 Å². The molecule has 5 nitrogen and oxygen atoms in total. The molecule has 2 N–H and O–H groups in total. The second kappa shape index (κ2) is 7.70. The molecular formula is C14H20ClN3O2S. The number of fused-ring (bicyclic) bond motifs is 1. The second-order valence-corrected chi connectivity index (χ2v) is 6.60. The fourth-order valence-electron chi connectivity index (χ4n) is 1.89. The Morgan fingerprint density at radius 1 is 1.24 bits per heavy atom. The summed E-state index contributed by atoms with van der Waals surface area (Å²) in [5.74, 6) is -0.0578. The van der Waals surface area contributed by atoms with Gasteiger partial charge in [-0.25, -0.2) is 13.1 Å². The molecule has 1 aromatic heterocycles. The van der Waals surface area contributed by atoms with Crippen LogP contribution in [0.2, 0.25) is 0 Å². The lowest BCUT2D eigenvalue weighted by molar-refractivity contribution is 0.554. The Morgan fingerprint density at radius 3 is 2.67 bits per heavy atom. The Bertz CT molecular complexity index is 686. The summed E-state index contributed by atoms with van der Waals surface area (Å²) >= 11 is 0. The average molecular weight is 330 g/mol. The van der Waals surface area contributed by atoms with E-state index in [1.54, 1.807) is 19.3 Å². The van der Waals surface area contributed by atoms with Crippen LogP contribution in [0.1, 0.15) is 12.5 Å². The Hall–Kier alpha value is -1.21. The molecule has 0 amide bonds. The number of hydrogen-bond donors (Lipinski definition) is 2. The third-order valence-corrected chi connectivity index (χ3v) is 4.46. The number of pyridine rings is 1. The molecule has 2 rings (SSSR count). The van der Waals surface area contributed by atoms with Gasteiger partial charge in [0.1, 0.15) is 0 Å². The van der Waals surface area contributed by atoms with E-state index in [0.29, 0.717) is 12.1 Å². The normalized spacial score (nSPS) is 12.9. The highest BCUT2D eigenvalue weighted by atomic mass is 35.5. The van der Waals surface area contributed by atoms with E-state index in [4.69, 9.17) is 0 Å². The van der Waals surface area contributed by atoms with E-state index in [0.717, 1.165) is 10.9 Å². The van der Waals surface area contributed by atoms with Crippen LogP contribution in [0.5, 0.6) is 0 Å². The first kappa shape index (κ1) is 17.8. The van der Waals surface area contributed by atoms with Gasteiger partial charge in [0.2, 0.25) is 10.0 Å². The highest BCUT2D eigenvalue weighted by molar-refractivity contribution is 7.88. The average Bonchev–Trinajstić information content (AvgIpc) is 2.45. The summed E-state index contributed by atoms with van der Waals surface area (Å²) in [6.45, 7) is 2.29. The van der Waals surface area contributed by atoms with E-state index in [1.165, 1.54) is 0 Å². The van der Waals surface area contributed by atoms with E-state index >= 15 is 0 Å². The number of benzene rings is 1. The lowest BCUT2D eigenvalue weighted by Gasteiger charge is -2.12. The summed E-state index contributed by atoms with van der Waals surface area (Å²) in [6, 6.07) is 9.44. The van der Waals surface area contributed by atoms with Crippen LogP contribution in [0.25, 0.3) is 10.9 Å².